The zero-order valence-corrected chi connectivity index (χ0v) is 18.2. The molecule has 0 saturated heterocycles. The number of esters is 1. The predicted molar refractivity (Wildman–Crippen MR) is 115 cm³/mol. The van der Waals surface area contributed by atoms with E-state index in [9.17, 15) is 9.90 Å². The van der Waals surface area contributed by atoms with Crippen LogP contribution in [0.1, 0.15) is 32.4 Å². The number of rotatable bonds is 6. The number of aliphatic hydroxyl groups excluding tert-OH is 1. The fourth-order valence-corrected chi connectivity index (χ4v) is 5.28. The van der Waals surface area contributed by atoms with Gasteiger partial charge in [0.05, 0.1) is 0 Å². The van der Waals surface area contributed by atoms with Gasteiger partial charge in [0.2, 0.25) is 0 Å². The van der Waals surface area contributed by atoms with Gasteiger partial charge in [0.15, 0.2) is 0 Å². The van der Waals surface area contributed by atoms with E-state index in [0.717, 1.165) is 16.3 Å². The molecule has 0 radical (unpaired) electrons. The molecule has 0 unspecified atom stereocenters. The van der Waals surface area contributed by atoms with E-state index < -0.39 is 17.6 Å². The molecule has 0 aliphatic rings. The molecule has 3 nitrogen and oxygen atoms in total. The Labute approximate surface area is 172 Å². The number of ether oxygens (including phenoxy) is 1. The number of aliphatic hydroxyl groups is 1. The van der Waals surface area contributed by atoms with Crippen molar-refractivity contribution >= 4 is 36.2 Å². The number of benzene rings is 3. The maximum absolute atomic E-state index is 13.0. The number of hydrogen-bond acceptors (Lipinski definition) is 3. The van der Waals surface area contributed by atoms with E-state index in [4.69, 9.17) is 4.74 Å². The number of hydrogen-bond donors (Lipinski definition) is 1. The maximum atomic E-state index is 13.0. The Balaban J connectivity index is 1.91. The van der Waals surface area contributed by atoms with Crippen LogP contribution in [0.25, 0.3) is 10.8 Å². The molecule has 28 heavy (non-hydrogen) atoms. The summed E-state index contributed by atoms with van der Waals surface area (Å²) in [5.74, 6) is -0.948. The molecule has 146 valence electrons. The molecule has 0 aliphatic carbocycles. The van der Waals surface area contributed by atoms with Gasteiger partial charge in [-0.1, -0.05) is 0 Å². The van der Waals surface area contributed by atoms with E-state index in [1.54, 1.807) is 0 Å². The van der Waals surface area contributed by atoms with Gasteiger partial charge in [-0.2, -0.15) is 0 Å². The SMILES string of the molecule is CC(C)(C)OC(=O)[C@@H](C[Se]c1ccccc1)[C@H](O)c1cccc2ccccc12. The van der Waals surface area contributed by atoms with Crippen molar-refractivity contribution in [1.29, 1.82) is 0 Å². The molecule has 3 aromatic rings. The van der Waals surface area contributed by atoms with Crippen LogP contribution in [0, 0.1) is 5.92 Å². The summed E-state index contributed by atoms with van der Waals surface area (Å²) in [4.78, 5) is 13.0. The van der Waals surface area contributed by atoms with Gasteiger partial charge >= 0.3 is 173 Å². The minimum absolute atomic E-state index is 0.0639. The van der Waals surface area contributed by atoms with Crippen LogP contribution in [0.4, 0.5) is 0 Å². The molecule has 0 amide bonds. The predicted octanol–water partition coefficient (Wildman–Crippen LogP) is 4.28. The summed E-state index contributed by atoms with van der Waals surface area (Å²) in [5, 5.41) is 13.8. The van der Waals surface area contributed by atoms with Crippen molar-refractivity contribution in [2.45, 2.75) is 37.8 Å². The second kappa shape index (κ2) is 8.91. The molecular formula is C24H26O3Se. The second-order valence-corrected chi connectivity index (χ2v) is 10.1. The van der Waals surface area contributed by atoms with Crippen LogP contribution in [0.15, 0.2) is 72.8 Å². The second-order valence-electron chi connectivity index (χ2n) is 7.78. The number of carbonyl (C=O) groups excluding carboxylic acids is 1. The molecule has 1 N–H and O–H groups in total. The van der Waals surface area contributed by atoms with Gasteiger partial charge in [0.25, 0.3) is 0 Å². The fraction of sp³-hybridized carbons (Fsp3) is 0.292. The van der Waals surface area contributed by atoms with Gasteiger partial charge in [0.1, 0.15) is 0 Å². The van der Waals surface area contributed by atoms with Gasteiger partial charge in [-0.25, -0.2) is 0 Å². The monoisotopic (exact) mass is 442 g/mol. The summed E-state index contributed by atoms with van der Waals surface area (Å²) in [6, 6.07) is 23.9. The van der Waals surface area contributed by atoms with E-state index >= 15 is 0 Å². The van der Waals surface area contributed by atoms with Crippen LogP contribution < -0.4 is 4.46 Å². The van der Waals surface area contributed by atoms with E-state index in [0.29, 0.717) is 5.32 Å². The average molecular weight is 441 g/mol. The summed E-state index contributed by atoms with van der Waals surface area (Å²) in [5.41, 5.74) is 0.186. The van der Waals surface area contributed by atoms with E-state index in [-0.39, 0.29) is 20.9 Å². The third-order valence-electron chi connectivity index (χ3n) is 4.41. The Kier molecular flexibility index (Phi) is 6.56. The van der Waals surface area contributed by atoms with Crippen molar-refractivity contribution in [3.8, 4) is 0 Å². The molecule has 0 aromatic heterocycles. The zero-order valence-electron chi connectivity index (χ0n) is 16.5. The summed E-state index contributed by atoms with van der Waals surface area (Å²) < 4.78 is 6.86. The molecule has 4 heteroatoms. The molecule has 3 rings (SSSR count). The quantitative estimate of drug-likeness (QED) is 0.459. The van der Waals surface area contributed by atoms with Crippen LogP contribution in [0.5, 0.6) is 0 Å². The van der Waals surface area contributed by atoms with Crippen LogP contribution in [0.3, 0.4) is 0 Å². The van der Waals surface area contributed by atoms with Crippen molar-refractivity contribution in [1.82, 2.24) is 0 Å². The fourth-order valence-electron chi connectivity index (χ4n) is 3.09. The number of fused-ring (bicyclic) bond motifs is 1. The Morgan fingerprint density at radius 3 is 2.32 bits per heavy atom. The van der Waals surface area contributed by atoms with Crippen LogP contribution >= 0.6 is 0 Å². The topological polar surface area (TPSA) is 46.5 Å². The third-order valence-corrected chi connectivity index (χ3v) is 6.78. The van der Waals surface area contributed by atoms with E-state index in [1.165, 1.54) is 4.46 Å². The minimum atomic E-state index is -0.911. The first-order chi connectivity index (χ1) is 13.3. The van der Waals surface area contributed by atoms with Gasteiger partial charge < -0.3 is 0 Å². The van der Waals surface area contributed by atoms with E-state index in [1.807, 2.05) is 81.4 Å². The summed E-state index contributed by atoms with van der Waals surface area (Å²) in [6.07, 6.45) is -0.911. The Morgan fingerprint density at radius 2 is 1.61 bits per heavy atom. The van der Waals surface area contributed by atoms with E-state index in [2.05, 4.69) is 12.1 Å². The third kappa shape index (κ3) is 5.23. The Bertz CT molecular complexity index is 926. The molecule has 2 atom stereocenters. The average Bonchev–Trinajstić information content (AvgIpc) is 2.67. The van der Waals surface area contributed by atoms with Crippen molar-refractivity contribution in [3.05, 3.63) is 78.4 Å². The molecule has 0 saturated carbocycles. The van der Waals surface area contributed by atoms with Crippen LogP contribution in [-0.2, 0) is 9.53 Å². The normalized spacial score (nSPS) is 13.9. The van der Waals surface area contributed by atoms with Gasteiger partial charge in [-0.15, -0.1) is 0 Å². The zero-order chi connectivity index (χ0) is 20.1. The van der Waals surface area contributed by atoms with Crippen LogP contribution in [0.2, 0.25) is 5.32 Å². The summed E-state index contributed by atoms with van der Waals surface area (Å²) >= 11 is 0.0639. The first-order valence-corrected chi connectivity index (χ1v) is 11.5. The molecule has 3 aromatic carbocycles. The standard InChI is InChI=1S/C24H26O3Se/c1-24(2,3)27-23(26)21(16-28-18-12-5-4-6-13-18)22(25)20-15-9-11-17-10-7-8-14-19(17)20/h4-15,21-22,25H,16H2,1-3H3/t21-,22+/m0/s1. The molecule has 0 bridgehead atoms. The first-order valence-electron chi connectivity index (χ1n) is 9.41. The molecular weight excluding hydrogens is 415 g/mol. The Hall–Kier alpha value is -2.13. The van der Waals surface area contributed by atoms with Gasteiger partial charge in [-0.3, -0.25) is 0 Å². The van der Waals surface area contributed by atoms with Crippen molar-refractivity contribution in [3.63, 3.8) is 0 Å². The van der Waals surface area contributed by atoms with Crippen LogP contribution in [-0.4, -0.2) is 31.6 Å². The first kappa shape index (κ1) is 20.6. The molecule has 0 fully saturated rings. The summed E-state index contributed by atoms with van der Waals surface area (Å²) in [7, 11) is 0. The molecule has 0 heterocycles. The van der Waals surface area contributed by atoms with Gasteiger partial charge in [0, 0.05) is 0 Å². The molecule has 0 aliphatic heterocycles. The van der Waals surface area contributed by atoms with Crippen molar-refractivity contribution in [2.75, 3.05) is 0 Å². The van der Waals surface area contributed by atoms with Crippen molar-refractivity contribution < 1.29 is 14.6 Å². The number of carbonyl (C=O) groups is 1. The summed E-state index contributed by atoms with van der Waals surface area (Å²) in [6.45, 7) is 5.57. The van der Waals surface area contributed by atoms with Crippen molar-refractivity contribution in [2.24, 2.45) is 5.92 Å². The molecule has 0 spiro atoms. The van der Waals surface area contributed by atoms with Gasteiger partial charge in [-0.05, 0) is 0 Å². The Morgan fingerprint density at radius 1 is 0.964 bits per heavy atom.